The van der Waals surface area contributed by atoms with Crippen molar-refractivity contribution in [2.75, 3.05) is 25.1 Å². The minimum Gasteiger partial charge on any atom is -0.497 e. The van der Waals surface area contributed by atoms with Crippen molar-refractivity contribution in [3.8, 4) is 11.5 Å². The maximum atomic E-state index is 13.5. The fourth-order valence-corrected chi connectivity index (χ4v) is 4.88. The third-order valence-corrected chi connectivity index (χ3v) is 7.03. The van der Waals surface area contributed by atoms with Crippen LogP contribution in [0, 0.1) is 0 Å². The summed E-state index contributed by atoms with van der Waals surface area (Å²) in [6.45, 7) is 1.35. The van der Waals surface area contributed by atoms with E-state index in [9.17, 15) is 13.2 Å². The monoisotopic (exact) mass is 488 g/mol. The van der Waals surface area contributed by atoms with Crippen molar-refractivity contribution in [3.63, 3.8) is 0 Å². The number of anilines is 1. The normalized spacial score (nSPS) is 12.0. The first-order chi connectivity index (χ1) is 15.8. The first-order valence-electron chi connectivity index (χ1n) is 10.1. The van der Waals surface area contributed by atoms with Crippen LogP contribution in [0.25, 0.3) is 0 Å². The summed E-state index contributed by atoms with van der Waals surface area (Å²) >= 11 is 6.15. The zero-order valence-electron chi connectivity index (χ0n) is 18.5. The lowest BCUT2D eigenvalue weighted by Crippen LogP contribution is -2.41. The topological polar surface area (TPSA) is 84.9 Å². The highest BCUT2D eigenvalue weighted by Crippen LogP contribution is 2.34. The van der Waals surface area contributed by atoms with Crippen LogP contribution in [0.4, 0.5) is 5.69 Å². The fourth-order valence-electron chi connectivity index (χ4n) is 3.27. The van der Waals surface area contributed by atoms with E-state index in [2.05, 4.69) is 5.32 Å². The zero-order valence-corrected chi connectivity index (χ0v) is 20.1. The molecule has 0 aliphatic heterocycles. The van der Waals surface area contributed by atoms with E-state index >= 15 is 0 Å². The Labute approximate surface area is 198 Å². The Balaban J connectivity index is 1.93. The molecule has 7 nitrogen and oxygen atoms in total. The van der Waals surface area contributed by atoms with Crippen LogP contribution in [-0.2, 0) is 14.8 Å². The Kier molecular flexibility index (Phi) is 7.84. The maximum Gasteiger partial charge on any atom is 0.264 e. The summed E-state index contributed by atoms with van der Waals surface area (Å²) in [5.74, 6) is 0.486. The number of carbonyl (C=O) groups is 1. The molecule has 0 aliphatic carbocycles. The van der Waals surface area contributed by atoms with E-state index in [-0.39, 0.29) is 22.4 Å². The molecule has 9 heteroatoms. The number of amides is 1. The van der Waals surface area contributed by atoms with Crippen LogP contribution in [0.1, 0.15) is 18.5 Å². The third kappa shape index (κ3) is 5.77. The summed E-state index contributed by atoms with van der Waals surface area (Å²) in [6.07, 6.45) is 0. The molecule has 0 fully saturated rings. The summed E-state index contributed by atoms with van der Waals surface area (Å²) in [5, 5.41) is 3.16. The maximum absolute atomic E-state index is 13.5. The lowest BCUT2D eigenvalue weighted by molar-refractivity contribution is -0.120. The Bertz CT molecular complexity index is 1200. The molecular formula is C24H25ClN2O5S. The number of methoxy groups -OCH3 is 2. The van der Waals surface area contributed by atoms with Gasteiger partial charge in [0.15, 0.2) is 0 Å². The van der Waals surface area contributed by atoms with Gasteiger partial charge in [0.25, 0.3) is 10.0 Å². The molecule has 0 aliphatic rings. The number of sulfonamides is 1. The molecule has 0 spiro atoms. The van der Waals surface area contributed by atoms with Crippen molar-refractivity contribution < 1.29 is 22.7 Å². The third-order valence-electron chi connectivity index (χ3n) is 5.02. The van der Waals surface area contributed by atoms with Crippen LogP contribution in [-0.4, -0.2) is 35.1 Å². The lowest BCUT2D eigenvalue weighted by atomic mass is 10.1. The van der Waals surface area contributed by atoms with Gasteiger partial charge in [-0.15, -0.1) is 0 Å². The highest BCUT2D eigenvalue weighted by atomic mass is 35.5. The number of ether oxygens (including phenoxy) is 2. The first-order valence-corrected chi connectivity index (χ1v) is 11.9. The molecule has 1 amide bonds. The standard InChI is InChI=1S/C24H25ClN2O5S/c1-17(18-9-12-20(31-2)13-10-18)26-24(28)16-27(22-15-19(25)11-14-23(22)32-3)33(29,30)21-7-5-4-6-8-21/h4-15,17H,16H2,1-3H3,(H,26,28)/t17-/m0/s1. The highest BCUT2D eigenvalue weighted by molar-refractivity contribution is 7.92. The van der Waals surface area contributed by atoms with Crippen molar-refractivity contribution >= 4 is 33.2 Å². The summed E-state index contributed by atoms with van der Waals surface area (Å²) in [6, 6.07) is 19.4. The number of hydrogen-bond acceptors (Lipinski definition) is 5. The Morgan fingerprint density at radius 3 is 2.27 bits per heavy atom. The molecule has 0 radical (unpaired) electrons. The molecule has 0 saturated heterocycles. The Morgan fingerprint density at radius 1 is 1.00 bits per heavy atom. The smallest absolute Gasteiger partial charge is 0.264 e. The van der Waals surface area contributed by atoms with E-state index in [1.165, 1.54) is 25.3 Å². The highest BCUT2D eigenvalue weighted by Gasteiger charge is 2.30. The second kappa shape index (κ2) is 10.6. The van der Waals surface area contributed by atoms with E-state index in [4.69, 9.17) is 21.1 Å². The Hall–Kier alpha value is -3.23. The van der Waals surface area contributed by atoms with E-state index in [0.717, 1.165) is 9.87 Å². The predicted molar refractivity (Wildman–Crippen MR) is 129 cm³/mol. The van der Waals surface area contributed by atoms with Gasteiger partial charge in [0, 0.05) is 5.02 Å². The van der Waals surface area contributed by atoms with Gasteiger partial charge >= 0.3 is 0 Å². The van der Waals surface area contributed by atoms with E-state index in [1.807, 2.05) is 19.1 Å². The van der Waals surface area contributed by atoms with Crippen LogP contribution < -0.4 is 19.1 Å². The van der Waals surface area contributed by atoms with Gasteiger partial charge in [-0.05, 0) is 55.0 Å². The van der Waals surface area contributed by atoms with Crippen LogP contribution in [0.3, 0.4) is 0 Å². The van der Waals surface area contributed by atoms with Gasteiger partial charge in [0.05, 0.1) is 30.8 Å². The number of hydrogen-bond donors (Lipinski definition) is 1. The summed E-state index contributed by atoms with van der Waals surface area (Å²) < 4.78 is 38.5. The molecule has 3 aromatic carbocycles. The summed E-state index contributed by atoms with van der Waals surface area (Å²) in [4.78, 5) is 13.0. The van der Waals surface area contributed by atoms with Crippen molar-refractivity contribution in [1.82, 2.24) is 5.32 Å². The molecule has 33 heavy (non-hydrogen) atoms. The fraction of sp³-hybridized carbons (Fsp3) is 0.208. The molecule has 0 heterocycles. The molecule has 1 atom stereocenters. The van der Waals surface area contributed by atoms with Gasteiger partial charge in [0.1, 0.15) is 18.0 Å². The lowest BCUT2D eigenvalue weighted by Gasteiger charge is -2.26. The van der Waals surface area contributed by atoms with Gasteiger partial charge in [-0.1, -0.05) is 41.9 Å². The van der Waals surface area contributed by atoms with Crippen molar-refractivity contribution in [2.45, 2.75) is 17.9 Å². The van der Waals surface area contributed by atoms with Gasteiger partial charge in [0.2, 0.25) is 5.91 Å². The van der Waals surface area contributed by atoms with E-state index < -0.39 is 22.5 Å². The molecule has 0 saturated carbocycles. The molecule has 0 bridgehead atoms. The van der Waals surface area contributed by atoms with Gasteiger partial charge in [-0.3, -0.25) is 9.10 Å². The van der Waals surface area contributed by atoms with Crippen LogP contribution in [0.15, 0.2) is 77.7 Å². The van der Waals surface area contributed by atoms with E-state index in [0.29, 0.717) is 10.8 Å². The number of nitrogens with one attached hydrogen (secondary N) is 1. The quantitative estimate of drug-likeness (QED) is 0.481. The van der Waals surface area contributed by atoms with Crippen molar-refractivity contribution in [1.29, 1.82) is 0 Å². The average molecular weight is 489 g/mol. The molecule has 3 rings (SSSR count). The molecular weight excluding hydrogens is 464 g/mol. The molecule has 3 aromatic rings. The number of rotatable bonds is 9. The van der Waals surface area contributed by atoms with E-state index in [1.54, 1.807) is 49.6 Å². The first kappa shape index (κ1) is 24.4. The molecule has 1 N–H and O–H groups in total. The Morgan fingerprint density at radius 2 is 1.67 bits per heavy atom. The average Bonchev–Trinajstić information content (AvgIpc) is 2.83. The summed E-state index contributed by atoms with van der Waals surface area (Å²) in [7, 11) is -1.09. The SMILES string of the molecule is COc1ccc([C@H](C)NC(=O)CN(c2cc(Cl)ccc2OC)S(=O)(=O)c2ccccc2)cc1. The van der Waals surface area contributed by atoms with Gasteiger partial charge in [-0.25, -0.2) is 8.42 Å². The molecule has 0 aromatic heterocycles. The number of nitrogens with zero attached hydrogens (tertiary/aromatic N) is 1. The minimum atomic E-state index is -4.09. The van der Waals surface area contributed by atoms with Crippen LogP contribution in [0.5, 0.6) is 11.5 Å². The van der Waals surface area contributed by atoms with Crippen molar-refractivity contribution in [3.05, 3.63) is 83.4 Å². The minimum absolute atomic E-state index is 0.0445. The second-order valence-corrected chi connectivity index (χ2v) is 9.50. The van der Waals surface area contributed by atoms with Gasteiger partial charge in [-0.2, -0.15) is 0 Å². The number of halogens is 1. The second-order valence-electron chi connectivity index (χ2n) is 7.20. The zero-order chi connectivity index (χ0) is 24.0. The molecule has 0 unspecified atom stereocenters. The van der Waals surface area contributed by atoms with Crippen molar-refractivity contribution in [2.24, 2.45) is 0 Å². The largest absolute Gasteiger partial charge is 0.497 e. The van der Waals surface area contributed by atoms with Crippen LogP contribution in [0.2, 0.25) is 5.02 Å². The molecule has 174 valence electrons. The number of carbonyl (C=O) groups excluding carboxylic acids is 1. The van der Waals surface area contributed by atoms with Gasteiger partial charge < -0.3 is 14.8 Å². The number of benzene rings is 3. The predicted octanol–water partition coefficient (Wildman–Crippen LogP) is 4.43. The van der Waals surface area contributed by atoms with Crippen LogP contribution >= 0.6 is 11.6 Å². The summed E-state index contributed by atoms with van der Waals surface area (Å²) in [5.41, 5.74) is 1.02.